The van der Waals surface area contributed by atoms with E-state index in [1.165, 1.54) is 31.5 Å². The van der Waals surface area contributed by atoms with Gasteiger partial charge in [-0.2, -0.15) is 0 Å². The SMILES string of the molecule is CCN1CCCCN(Cc2cccc(Cl)c2)C1. The molecule has 1 aliphatic rings. The van der Waals surface area contributed by atoms with Crippen LogP contribution in [0, 0.1) is 0 Å². The topological polar surface area (TPSA) is 6.48 Å². The van der Waals surface area contributed by atoms with Gasteiger partial charge < -0.3 is 0 Å². The van der Waals surface area contributed by atoms with Gasteiger partial charge >= 0.3 is 0 Å². The van der Waals surface area contributed by atoms with Gasteiger partial charge in [0.25, 0.3) is 0 Å². The fourth-order valence-electron chi connectivity index (χ4n) is 2.38. The Hall–Kier alpha value is -0.570. The molecule has 94 valence electrons. The zero-order valence-electron chi connectivity index (χ0n) is 10.5. The fraction of sp³-hybridized carbons (Fsp3) is 0.571. The van der Waals surface area contributed by atoms with Crippen molar-refractivity contribution in [2.45, 2.75) is 26.3 Å². The third-order valence-corrected chi connectivity index (χ3v) is 3.58. The van der Waals surface area contributed by atoms with E-state index in [-0.39, 0.29) is 0 Å². The molecule has 1 aromatic rings. The van der Waals surface area contributed by atoms with Crippen LogP contribution in [-0.2, 0) is 6.54 Å². The number of hydrogen-bond donors (Lipinski definition) is 0. The molecule has 1 fully saturated rings. The van der Waals surface area contributed by atoms with Crippen molar-refractivity contribution in [2.75, 3.05) is 26.3 Å². The van der Waals surface area contributed by atoms with Crippen LogP contribution in [0.2, 0.25) is 5.02 Å². The van der Waals surface area contributed by atoms with E-state index in [9.17, 15) is 0 Å². The second kappa shape index (κ2) is 6.39. The van der Waals surface area contributed by atoms with Crippen molar-refractivity contribution in [2.24, 2.45) is 0 Å². The minimum absolute atomic E-state index is 0.838. The molecule has 1 heterocycles. The molecule has 1 aliphatic heterocycles. The van der Waals surface area contributed by atoms with Crippen LogP contribution in [0.4, 0.5) is 0 Å². The number of nitrogens with zero attached hydrogens (tertiary/aromatic N) is 2. The highest BCUT2D eigenvalue weighted by Gasteiger charge is 2.14. The van der Waals surface area contributed by atoms with Crippen LogP contribution in [-0.4, -0.2) is 36.1 Å². The second-order valence-electron chi connectivity index (χ2n) is 4.74. The zero-order valence-corrected chi connectivity index (χ0v) is 11.3. The standard InChI is InChI=1S/C14H21ClN2/c1-2-16-8-3-4-9-17(12-16)11-13-6-5-7-14(15)10-13/h5-7,10H,2-4,8-9,11-12H2,1H3. The molecule has 2 nitrogen and oxygen atoms in total. The Morgan fingerprint density at radius 3 is 2.65 bits per heavy atom. The van der Waals surface area contributed by atoms with Crippen LogP contribution in [0.25, 0.3) is 0 Å². The Morgan fingerprint density at radius 2 is 1.94 bits per heavy atom. The lowest BCUT2D eigenvalue weighted by Crippen LogP contribution is -2.35. The summed E-state index contributed by atoms with van der Waals surface area (Å²) in [6.45, 7) is 7.92. The van der Waals surface area contributed by atoms with Crippen molar-refractivity contribution in [3.63, 3.8) is 0 Å². The monoisotopic (exact) mass is 252 g/mol. The number of hydrogen-bond acceptors (Lipinski definition) is 2. The van der Waals surface area contributed by atoms with Gasteiger partial charge in [-0.3, -0.25) is 9.80 Å². The highest BCUT2D eigenvalue weighted by atomic mass is 35.5. The first kappa shape index (κ1) is 12.9. The summed E-state index contributed by atoms with van der Waals surface area (Å²) < 4.78 is 0. The van der Waals surface area contributed by atoms with Crippen LogP contribution in [0.3, 0.4) is 0 Å². The van der Waals surface area contributed by atoms with Crippen LogP contribution in [0.5, 0.6) is 0 Å². The summed E-state index contributed by atoms with van der Waals surface area (Å²) in [5.74, 6) is 0. The van der Waals surface area contributed by atoms with Crippen LogP contribution in [0.15, 0.2) is 24.3 Å². The molecule has 0 amide bonds. The largest absolute Gasteiger partial charge is 0.291 e. The predicted molar refractivity (Wildman–Crippen MR) is 73.2 cm³/mol. The molecule has 0 N–H and O–H groups in total. The summed E-state index contributed by atoms with van der Waals surface area (Å²) in [6.07, 6.45) is 2.62. The van der Waals surface area contributed by atoms with Gasteiger partial charge in [-0.25, -0.2) is 0 Å². The van der Waals surface area contributed by atoms with E-state index in [0.29, 0.717) is 0 Å². The predicted octanol–water partition coefficient (Wildman–Crippen LogP) is 3.22. The first-order chi connectivity index (χ1) is 8.28. The fourth-order valence-corrected chi connectivity index (χ4v) is 2.59. The lowest BCUT2D eigenvalue weighted by atomic mass is 10.2. The van der Waals surface area contributed by atoms with Gasteiger partial charge in [-0.05, 0) is 50.2 Å². The average molecular weight is 253 g/mol. The third kappa shape index (κ3) is 3.98. The van der Waals surface area contributed by atoms with Gasteiger partial charge in [-0.1, -0.05) is 30.7 Å². The number of rotatable bonds is 3. The summed E-state index contributed by atoms with van der Waals surface area (Å²) in [5.41, 5.74) is 1.32. The average Bonchev–Trinajstić information content (AvgIpc) is 2.54. The Kier molecular flexibility index (Phi) is 4.84. The molecule has 1 aromatic carbocycles. The molecule has 1 saturated heterocycles. The third-order valence-electron chi connectivity index (χ3n) is 3.34. The van der Waals surface area contributed by atoms with E-state index < -0.39 is 0 Å². The minimum Gasteiger partial charge on any atom is -0.291 e. The van der Waals surface area contributed by atoms with Gasteiger partial charge in [-0.15, -0.1) is 0 Å². The van der Waals surface area contributed by atoms with Crippen molar-refractivity contribution in [3.8, 4) is 0 Å². The molecule has 0 atom stereocenters. The molecule has 0 spiro atoms. The van der Waals surface area contributed by atoms with Crippen molar-refractivity contribution >= 4 is 11.6 Å². The quantitative estimate of drug-likeness (QED) is 0.815. The van der Waals surface area contributed by atoms with E-state index in [1.807, 2.05) is 12.1 Å². The Labute approximate surface area is 109 Å². The van der Waals surface area contributed by atoms with E-state index in [0.717, 1.165) is 24.8 Å². The highest BCUT2D eigenvalue weighted by molar-refractivity contribution is 6.30. The van der Waals surface area contributed by atoms with Crippen LogP contribution >= 0.6 is 11.6 Å². The Bertz CT molecular complexity index is 354. The number of halogens is 1. The zero-order chi connectivity index (χ0) is 12.1. The summed E-state index contributed by atoms with van der Waals surface area (Å²) in [4.78, 5) is 5.03. The van der Waals surface area contributed by atoms with E-state index in [2.05, 4.69) is 28.9 Å². The first-order valence-electron chi connectivity index (χ1n) is 6.47. The van der Waals surface area contributed by atoms with Crippen molar-refractivity contribution in [1.82, 2.24) is 9.80 Å². The molecule has 2 rings (SSSR count). The molecule has 0 bridgehead atoms. The molecular formula is C14H21ClN2. The highest BCUT2D eigenvalue weighted by Crippen LogP contribution is 2.15. The summed E-state index contributed by atoms with van der Waals surface area (Å²) >= 11 is 6.02. The molecule has 0 aromatic heterocycles. The van der Waals surface area contributed by atoms with Gasteiger partial charge in [0.2, 0.25) is 0 Å². The van der Waals surface area contributed by atoms with Crippen molar-refractivity contribution < 1.29 is 0 Å². The van der Waals surface area contributed by atoms with Gasteiger partial charge in [0.1, 0.15) is 0 Å². The molecule has 0 radical (unpaired) electrons. The molecular weight excluding hydrogens is 232 g/mol. The van der Waals surface area contributed by atoms with Gasteiger partial charge in [0.05, 0.1) is 6.67 Å². The molecule has 0 saturated carbocycles. The van der Waals surface area contributed by atoms with E-state index >= 15 is 0 Å². The summed E-state index contributed by atoms with van der Waals surface area (Å²) in [5, 5.41) is 0.838. The van der Waals surface area contributed by atoms with Crippen molar-refractivity contribution in [1.29, 1.82) is 0 Å². The van der Waals surface area contributed by atoms with Gasteiger partial charge in [0, 0.05) is 11.6 Å². The summed E-state index contributed by atoms with van der Waals surface area (Å²) in [6, 6.07) is 8.20. The maximum Gasteiger partial charge on any atom is 0.0509 e. The molecule has 0 unspecified atom stereocenters. The van der Waals surface area contributed by atoms with E-state index in [4.69, 9.17) is 11.6 Å². The summed E-state index contributed by atoms with van der Waals surface area (Å²) in [7, 11) is 0. The second-order valence-corrected chi connectivity index (χ2v) is 5.18. The van der Waals surface area contributed by atoms with E-state index in [1.54, 1.807) is 0 Å². The molecule has 3 heteroatoms. The first-order valence-corrected chi connectivity index (χ1v) is 6.85. The van der Waals surface area contributed by atoms with Crippen LogP contribution in [0.1, 0.15) is 25.3 Å². The van der Waals surface area contributed by atoms with Crippen LogP contribution < -0.4 is 0 Å². The lowest BCUT2D eigenvalue weighted by Gasteiger charge is -2.26. The van der Waals surface area contributed by atoms with Crippen molar-refractivity contribution in [3.05, 3.63) is 34.9 Å². The Balaban J connectivity index is 1.97. The normalized spacial score (nSPS) is 19.2. The lowest BCUT2D eigenvalue weighted by molar-refractivity contribution is 0.154. The molecule has 0 aliphatic carbocycles. The minimum atomic E-state index is 0.838. The van der Waals surface area contributed by atoms with Gasteiger partial charge in [0.15, 0.2) is 0 Å². The number of benzene rings is 1. The Morgan fingerprint density at radius 1 is 1.18 bits per heavy atom. The maximum atomic E-state index is 6.02. The maximum absolute atomic E-state index is 6.02. The molecule has 17 heavy (non-hydrogen) atoms. The smallest absolute Gasteiger partial charge is 0.0509 e.